The first-order valence-corrected chi connectivity index (χ1v) is 11.1. The highest BCUT2D eigenvalue weighted by Crippen LogP contribution is 2.26. The number of hydrogen-bond donors (Lipinski definition) is 2. The molecule has 0 aliphatic rings. The Morgan fingerprint density at radius 3 is 1.77 bits per heavy atom. The third-order valence-corrected chi connectivity index (χ3v) is 5.85. The van der Waals surface area contributed by atoms with Gasteiger partial charge in [0.2, 0.25) is 0 Å². The van der Waals surface area contributed by atoms with Crippen molar-refractivity contribution in [3.63, 3.8) is 0 Å². The highest BCUT2D eigenvalue weighted by atomic mass is 14.8. The molecule has 168 valence electrons. The van der Waals surface area contributed by atoms with E-state index in [9.17, 15) is 0 Å². The van der Waals surface area contributed by atoms with E-state index in [2.05, 4.69) is 23.2 Å². The standard InChI is InChI=1S/C30H23N5/c1-19-13-25(23-7-3-5-21(14-23)17-31)9-11-27(19)20(2)35-30(34)28-12-10-26(16-29(28)33)24-8-4-6-22(15-24)18-32/h3-16,34H,33H2,1-2H3. The fraction of sp³-hybridized carbons (Fsp3) is 0.0667. The van der Waals surface area contributed by atoms with Gasteiger partial charge in [-0.2, -0.15) is 10.5 Å². The molecule has 0 radical (unpaired) electrons. The Kier molecular flexibility index (Phi) is 6.53. The summed E-state index contributed by atoms with van der Waals surface area (Å²) in [7, 11) is 0. The summed E-state index contributed by atoms with van der Waals surface area (Å²) >= 11 is 0. The van der Waals surface area contributed by atoms with Gasteiger partial charge in [-0.3, -0.25) is 5.41 Å². The summed E-state index contributed by atoms with van der Waals surface area (Å²) in [5.41, 5.74) is 15.0. The lowest BCUT2D eigenvalue weighted by atomic mass is 9.97. The van der Waals surface area contributed by atoms with Crippen molar-refractivity contribution in [3.05, 3.63) is 113 Å². The maximum absolute atomic E-state index is 9.17. The van der Waals surface area contributed by atoms with E-state index in [4.69, 9.17) is 21.7 Å². The number of benzene rings is 4. The maximum atomic E-state index is 9.17. The van der Waals surface area contributed by atoms with E-state index in [0.717, 1.165) is 39.1 Å². The zero-order chi connectivity index (χ0) is 24.9. The molecule has 0 amide bonds. The van der Waals surface area contributed by atoms with Crippen LogP contribution in [0.2, 0.25) is 0 Å². The highest BCUT2D eigenvalue weighted by molar-refractivity contribution is 6.12. The summed E-state index contributed by atoms with van der Waals surface area (Å²) in [5, 5.41) is 26.8. The molecule has 0 aliphatic carbocycles. The lowest BCUT2D eigenvalue weighted by Crippen LogP contribution is -2.06. The van der Waals surface area contributed by atoms with Crippen LogP contribution in [-0.2, 0) is 0 Å². The van der Waals surface area contributed by atoms with Crippen LogP contribution in [-0.4, -0.2) is 11.5 Å². The first kappa shape index (κ1) is 23.2. The summed E-state index contributed by atoms with van der Waals surface area (Å²) in [6, 6.07) is 30.7. The first-order valence-electron chi connectivity index (χ1n) is 11.1. The number of rotatable bonds is 4. The Hall–Kier alpha value is -5.00. The number of anilines is 1. The number of aliphatic imine (C=N–C) groups is 1. The molecule has 0 atom stereocenters. The Bertz CT molecular complexity index is 1560. The molecule has 0 saturated carbocycles. The minimum atomic E-state index is 0.0857. The average Bonchev–Trinajstić information content (AvgIpc) is 2.88. The molecule has 5 heteroatoms. The van der Waals surface area contributed by atoms with Crippen LogP contribution in [0.5, 0.6) is 0 Å². The molecular formula is C30H23N5. The van der Waals surface area contributed by atoms with Crippen molar-refractivity contribution in [2.24, 2.45) is 4.99 Å². The van der Waals surface area contributed by atoms with Crippen molar-refractivity contribution < 1.29 is 0 Å². The summed E-state index contributed by atoms with van der Waals surface area (Å²) in [4.78, 5) is 4.53. The van der Waals surface area contributed by atoms with Crippen molar-refractivity contribution in [1.82, 2.24) is 0 Å². The predicted octanol–water partition coefficient (Wildman–Crippen LogP) is 6.49. The number of nitrogen functional groups attached to an aromatic ring is 1. The Balaban J connectivity index is 1.59. The number of hydrogen-bond acceptors (Lipinski definition) is 4. The van der Waals surface area contributed by atoms with Crippen molar-refractivity contribution >= 4 is 17.2 Å². The van der Waals surface area contributed by atoms with Crippen LogP contribution in [0.25, 0.3) is 22.3 Å². The minimum Gasteiger partial charge on any atom is -0.398 e. The molecule has 35 heavy (non-hydrogen) atoms. The zero-order valence-electron chi connectivity index (χ0n) is 19.5. The molecule has 4 aromatic carbocycles. The largest absolute Gasteiger partial charge is 0.398 e. The van der Waals surface area contributed by atoms with E-state index in [1.807, 2.05) is 68.4 Å². The first-order chi connectivity index (χ1) is 16.9. The van der Waals surface area contributed by atoms with E-state index in [1.165, 1.54) is 0 Å². The van der Waals surface area contributed by atoms with Gasteiger partial charge in [-0.15, -0.1) is 0 Å². The normalized spacial score (nSPS) is 10.9. The minimum absolute atomic E-state index is 0.0857. The Morgan fingerprint density at radius 1 is 0.743 bits per heavy atom. The van der Waals surface area contributed by atoms with E-state index >= 15 is 0 Å². The molecular weight excluding hydrogens is 430 g/mol. The second-order valence-corrected chi connectivity index (χ2v) is 8.26. The quantitative estimate of drug-likeness (QED) is 0.209. The van der Waals surface area contributed by atoms with Crippen molar-refractivity contribution in [1.29, 1.82) is 15.9 Å². The van der Waals surface area contributed by atoms with Crippen LogP contribution in [0.3, 0.4) is 0 Å². The fourth-order valence-corrected chi connectivity index (χ4v) is 4.03. The monoisotopic (exact) mass is 453 g/mol. The summed E-state index contributed by atoms with van der Waals surface area (Å²) in [6.07, 6.45) is 0. The molecule has 0 aliphatic heterocycles. The van der Waals surface area contributed by atoms with Gasteiger partial charge < -0.3 is 5.73 Å². The van der Waals surface area contributed by atoms with Gasteiger partial charge in [-0.1, -0.05) is 48.5 Å². The van der Waals surface area contributed by atoms with E-state index in [-0.39, 0.29) is 5.84 Å². The smallest absolute Gasteiger partial charge is 0.154 e. The van der Waals surface area contributed by atoms with Crippen molar-refractivity contribution in [2.45, 2.75) is 13.8 Å². The SMILES string of the molecule is CC(=NC(=N)c1ccc(-c2cccc(C#N)c2)cc1N)c1ccc(-c2cccc(C#N)c2)cc1C. The fourth-order valence-electron chi connectivity index (χ4n) is 4.03. The number of aryl methyl sites for hydroxylation is 1. The molecule has 0 fully saturated rings. The molecule has 0 saturated heterocycles. The Labute approximate surface area is 204 Å². The van der Waals surface area contributed by atoms with Crippen LogP contribution in [0, 0.1) is 35.0 Å². The highest BCUT2D eigenvalue weighted by Gasteiger charge is 2.11. The molecule has 5 nitrogen and oxygen atoms in total. The van der Waals surface area contributed by atoms with Gasteiger partial charge in [0.15, 0.2) is 5.84 Å². The number of nitrogens with two attached hydrogens (primary N) is 1. The Morgan fingerprint density at radius 2 is 1.26 bits per heavy atom. The van der Waals surface area contributed by atoms with Crippen molar-refractivity contribution in [3.8, 4) is 34.4 Å². The van der Waals surface area contributed by atoms with Crippen LogP contribution in [0.1, 0.15) is 34.7 Å². The number of nitrogens with one attached hydrogen (secondary N) is 1. The zero-order valence-corrected chi connectivity index (χ0v) is 19.5. The second-order valence-electron chi connectivity index (χ2n) is 8.26. The lowest BCUT2D eigenvalue weighted by molar-refractivity contribution is 1.38. The third kappa shape index (κ3) is 5.00. The number of nitrogens with zero attached hydrogens (tertiary/aromatic N) is 3. The van der Waals surface area contributed by atoms with Gasteiger partial charge in [0.25, 0.3) is 0 Å². The van der Waals surface area contributed by atoms with Gasteiger partial charge in [-0.05, 0) is 83.6 Å². The molecule has 0 unspecified atom stereocenters. The summed E-state index contributed by atoms with van der Waals surface area (Å²) in [5.74, 6) is 0.0857. The number of amidine groups is 1. The van der Waals surface area contributed by atoms with Gasteiger partial charge in [0.1, 0.15) is 0 Å². The van der Waals surface area contributed by atoms with Crippen molar-refractivity contribution in [2.75, 3.05) is 5.73 Å². The molecule has 3 N–H and O–H groups in total. The van der Waals surface area contributed by atoms with Gasteiger partial charge >= 0.3 is 0 Å². The third-order valence-electron chi connectivity index (χ3n) is 5.85. The topological polar surface area (TPSA) is 110 Å². The summed E-state index contributed by atoms with van der Waals surface area (Å²) in [6.45, 7) is 3.89. The van der Waals surface area contributed by atoms with Crippen LogP contribution in [0.4, 0.5) is 5.69 Å². The van der Waals surface area contributed by atoms with E-state index in [0.29, 0.717) is 22.4 Å². The molecule has 0 bridgehead atoms. The molecule has 4 rings (SSSR count). The summed E-state index contributed by atoms with van der Waals surface area (Å²) < 4.78 is 0. The van der Waals surface area contributed by atoms with Crippen LogP contribution < -0.4 is 5.73 Å². The lowest BCUT2D eigenvalue weighted by Gasteiger charge is -2.11. The predicted molar refractivity (Wildman–Crippen MR) is 141 cm³/mol. The van der Waals surface area contributed by atoms with Crippen LogP contribution >= 0.6 is 0 Å². The second kappa shape index (κ2) is 9.87. The molecule has 4 aromatic rings. The van der Waals surface area contributed by atoms with Crippen LogP contribution in [0.15, 0.2) is 89.9 Å². The van der Waals surface area contributed by atoms with E-state index in [1.54, 1.807) is 24.3 Å². The van der Waals surface area contributed by atoms with Gasteiger partial charge in [-0.25, -0.2) is 4.99 Å². The molecule has 0 aromatic heterocycles. The molecule has 0 spiro atoms. The van der Waals surface area contributed by atoms with Gasteiger partial charge in [0.05, 0.1) is 23.3 Å². The molecule has 0 heterocycles. The maximum Gasteiger partial charge on any atom is 0.154 e. The average molecular weight is 454 g/mol. The van der Waals surface area contributed by atoms with E-state index < -0.39 is 0 Å². The number of nitriles is 2. The van der Waals surface area contributed by atoms with Gasteiger partial charge in [0, 0.05) is 17.0 Å².